The van der Waals surface area contributed by atoms with E-state index in [2.05, 4.69) is 19.9 Å². The molecule has 0 aliphatic heterocycles. The lowest BCUT2D eigenvalue weighted by Gasteiger charge is -2.55. The third-order valence-corrected chi connectivity index (χ3v) is 7.94. The van der Waals surface area contributed by atoms with Crippen LogP contribution in [0.25, 0.3) is 0 Å². The van der Waals surface area contributed by atoms with E-state index >= 15 is 0 Å². The van der Waals surface area contributed by atoms with Gasteiger partial charge in [-0.05, 0) is 60.5 Å². The summed E-state index contributed by atoms with van der Waals surface area (Å²) in [6, 6.07) is 0. The SMILES string of the molecule is C[C@]12C=CC(=O)C(CC(=O)O)=C1C=C[C@@H]1[C@@H]2CC[C@]2(C)C(C=O)CC[C@@H]12. The first kappa shape index (κ1) is 17.4. The van der Waals surface area contributed by atoms with Crippen LogP contribution in [-0.4, -0.2) is 23.1 Å². The van der Waals surface area contributed by atoms with Gasteiger partial charge in [-0.1, -0.05) is 32.1 Å². The molecule has 4 nitrogen and oxygen atoms in total. The molecule has 4 aliphatic rings. The number of ketones is 1. The van der Waals surface area contributed by atoms with Crippen LogP contribution in [0.3, 0.4) is 0 Å². The second-order valence-corrected chi connectivity index (χ2v) is 8.96. The molecule has 4 aliphatic carbocycles. The molecule has 2 saturated carbocycles. The fraction of sp³-hybridized carbons (Fsp3) is 0.591. The van der Waals surface area contributed by atoms with E-state index in [0.717, 1.165) is 37.5 Å². The maximum atomic E-state index is 12.3. The monoisotopic (exact) mass is 354 g/mol. The van der Waals surface area contributed by atoms with Gasteiger partial charge in [0.1, 0.15) is 6.29 Å². The zero-order valence-electron chi connectivity index (χ0n) is 15.4. The number of aldehydes is 1. The van der Waals surface area contributed by atoms with Crippen molar-refractivity contribution in [2.24, 2.45) is 34.5 Å². The molecule has 6 atom stereocenters. The van der Waals surface area contributed by atoms with Crippen LogP contribution in [0.4, 0.5) is 0 Å². The van der Waals surface area contributed by atoms with Crippen LogP contribution >= 0.6 is 0 Å². The van der Waals surface area contributed by atoms with E-state index in [-0.39, 0.29) is 29.0 Å². The fourth-order valence-electron chi connectivity index (χ4n) is 6.47. The van der Waals surface area contributed by atoms with E-state index in [1.54, 1.807) is 6.08 Å². The van der Waals surface area contributed by atoms with Gasteiger partial charge in [0, 0.05) is 16.9 Å². The first-order valence-corrected chi connectivity index (χ1v) is 9.64. The second kappa shape index (κ2) is 5.77. The van der Waals surface area contributed by atoms with Gasteiger partial charge in [-0.2, -0.15) is 0 Å². The van der Waals surface area contributed by atoms with Crippen molar-refractivity contribution < 1.29 is 19.5 Å². The predicted molar refractivity (Wildman–Crippen MR) is 97.3 cm³/mol. The van der Waals surface area contributed by atoms with Crippen LogP contribution in [0, 0.1) is 34.5 Å². The first-order chi connectivity index (χ1) is 12.3. The molecule has 0 aromatic rings. The Morgan fingerprint density at radius 1 is 1.23 bits per heavy atom. The number of carbonyl (C=O) groups is 3. The number of carbonyl (C=O) groups excluding carboxylic acids is 2. The summed E-state index contributed by atoms with van der Waals surface area (Å²) >= 11 is 0. The van der Waals surface area contributed by atoms with E-state index in [1.165, 1.54) is 0 Å². The van der Waals surface area contributed by atoms with Crippen LogP contribution in [0.1, 0.15) is 46.0 Å². The highest BCUT2D eigenvalue weighted by Gasteiger charge is 2.57. The van der Waals surface area contributed by atoms with E-state index in [4.69, 9.17) is 0 Å². The van der Waals surface area contributed by atoms with Gasteiger partial charge in [-0.25, -0.2) is 0 Å². The van der Waals surface area contributed by atoms with E-state index in [9.17, 15) is 19.5 Å². The number of rotatable bonds is 3. The Kier molecular flexibility index (Phi) is 3.87. The lowest BCUT2D eigenvalue weighted by atomic mass is 9.49. The minimum Gasteiger partial charge on any atom is -0.481 e. The van der Waals surface area contributed by atoms with Gasteiger partial charge in [-0.15, -0.1) is 0 Å². The summed E-state index contributed by atoms with van der Waals surface area (Å²) in [5.41, 5.74) is 1.10. The minimum atomic E-state index is -0.963. The van der Waals surface area contributed by atoms with E-state index in [0.29, 0.717) is 23.3 Å². The van der Waals surface area contributed by atoms with Gasteiger partial charge < -0.3 is 9.90 Å². The van der Waals surface area contributed by atoms with Crippen LogP contribution in [0.15, 0.2) is 35.5 Å². The Morgan fingerprint density at radius 2 is 2.00 bits per heavy atom. The molecule has 0 spiro atoms. The van der Waals surface area contributed by atoms with Gasteiger partial charge in [-0.3, -0.25) is 9.59 Å². The van der Waals surface area contributed by atoms with Crippen molar-refractivity contribution in [2.45, 2.75) is 46.0 Å². The molecule has 2 fully saturated rings. The van der Waals surface area contributed by atoms with Crippen LogP contribution in [-0.2, 0) is 14.4 Å². The molecule has 0 radical (unpaired) electrons. The van der Waals surface area contributed by atoms with Crippen LogP contribution < -0.4 is 0 Å². The predicted octanol–water partition coefficient (Wildman–Crippen LogP) is 3.73. The molecule has 1 unspecified atom stereocenters. The molecular weight excluding hydrogens is 328 g/mol. The maximum Gasteiger partial charge on any atom is 0.307 e. The van der Waals surface area contributed by atoms with Gasteiger partial charge >= 0.3 is 5.97 Å². The van der Waals surface area contributed by atoms with Gasteiger partial charge in [0.05, 0.1) is 6.42 Å². The standard InChI is InChI=1S/C22H26O4/c1-21-9-7-18-14(16(21)5-3-13(21)12-23)4-6-17-15(11-20(25)26)19(24)8-10-22(17,18)2/h4,6,8,10,12-14,16,18H,3,5,7,9,11H2,1-2H3,(H,25,26)/t13?,14-,16-,18-,21+,22-/m0/s1. The van der Waals surface area contributed by atoms with E-state index in [1.807, 2.05) is 12.2 Å². The summed E-state index contributed by atoms with van der Waals surface area (Å²) in [4.78, 5) is 35.2. The lowest BCUT2D eigenvalue weighted by Crippen LogP contribution is -2.48. The van der Waals surface area contributed by atoms with E-state index < -0.39 is 5.97 Å². The summed E-state index contributed by atoms with van der Waals surface area (Å²) < 4.78 is 0. The number of aliphatic carboxylic acids is 1. The van der Waals surface area contributed by atoms with Crippen molar-refractivity contribution in [1.29, 1.82) is 0 Å². The molecule has 0 saturated heterocycles. The molecule has 0 aromatic heterocycles. The Labute approximate surface area is 154 Å². The molecule has 0 heterocycles. The largest absolute Gasteiger partial charge is 0.481 e. The average molecular weight is 354 g/mol. The highest BCUT2D eigenvalue weighted by Crippen LogP contribution is 2.64. The second-order valence-electron chi connectivity index (χ2n) is 8.96. The molecule has 138 valence electrons. The molecule has 4 heteroatoms. The molecule has 26 heavy (non-hydrogen) atoms. The Hall–Kier alpha value is -1.97. The summed E-state index contributed by atoms with van der Waals surface area (Å²) in [6.45, 7) is 4.43. The maximum absolute atomic E-state index is 12.3. The topological polar surface area (TPSA) is 71.4 Å². The summed E-state index contributed by atoms with van der Waals surface area (Å²) in [5.74, 6) is 0.244. The lowest BCUT2D eigenvalue weighted by molar-refractivity contribution is -0.136. The highest BCUT2D eigenvalue weighted by molar-refractivity contribution is 6.08. The number of fused-ring (bicyclic) bond motifs is 5. The Morgan fingerprint density at radius 3 is 2.69 bits per heavy atom. The summed E-state index contributed by atoms with van der Waals surface area (Å²) in [5, 5.41) is 9.24. The zero-order valence-corrected chi connectivity index (χ0v) is 15.4. The summed E-state index contributed by atoms with van der Waals surface area (Å²) in [6.07, 6.45) is 12.8. The molecule has 1 N–H and O–H groups in total. The van der Waals surface area contributed by atoms with Gasteiger partial charge in [0.15, 0.2) is 5.78 Å². The number of hydrogen-bond acceptors (Lipinski definition) is 3. The smallest absolute Gasteiger partial charge is 0.307 e. The van der Waals surface area contributed by atoms with Crippen molar-refractivity contribution in [2.75, 3.05) is 0 Å². The van der Waals surface area contributed by atoms with Crippen LogP contribution in [0.2, 0.25) is 0 Å². The van der Waals surface area contributed by atoms with Crippen molar-refractivity contribution >= 4 is 18.0 Å². The number of carboxylic acid groups (broad SMARTS) is 1. The normalized spacial score (nSPS) is 43.7. The third kappa shape index (κ3) is 2.23. The Balaban J connectivity index is 1.78. The van der Waals surface area contributed by atoms with Crippen molar-refractivity contribution in [3.8, 4) is 0 Å². The molecule has 0 aromatic carbocycles. The summed E-state index contributed by atoms with van der Waals surface area (Å²) in [7, 11) is 0. The molecular formula is C22H26O4. The quantitative estimate of drug-likeness (QED) is 0.784. The Bertz CT molecular complexity index is 773. The van der Waals surface area contributed by atoms with Gasteiger partial charge in [0.25, 0.3) is 0 Å². The molecule has 0 bridgehead atoms. The van der Waals surface area contributed by atoms with Gasteiger partial charge in [0.2, 0.25) is 0 Å². The minimum absolute atomic E-state index is 0.0724. The average Bonchev–Trinajstić information content (AvgIpc) is 2.94. The van der Waals surface area contributed by atoms with Crippen molar-refractivity contribution in [3.63, 3.8) is 0 Å². The van der Waals surface area contributed by atoms with Crippen LogP contribution in [0.5, 0.6) is 0 Å². The number of hydrogen-bond donors (Lipinski definition) is 1. The van der Waals surface area contributed by atoms with Crippen molar-refractivity contribution in [1.82, 2.24) is 0 Å². The molecule has 0 amide bonds. The first-order valence-electron chi connectivity index (χ1n) is 9.64. The third-order valence-electron chi connectivity index (χ3n) is 7.94. The number of allylic oxidation sites excluding steroid dienone is 5. The number of carboxylic acids is 1. The molecule has 4 rings (SSSR count). The fourth-order valence-corrected chi connectivity index (χ4v) is 6.47. The zero-order chi connectivity index (χ0) is 18.7. The highest BCUT2D eigenvalue weighted by atomic mass is 16.4. The van der Waals surface area contributed by atoms with Crippen molar-refractivity contribution in [3.05, 3.63) is 35.5 Å².